The van der Waals surface area contributed by atoms with E-state index in [2.05, 4.69) is 42.8 Å². The van der Waals surface area contributed by atoms with Crippen molar-refractivity contribution >= 4 is 21.6 Å². The molecule has 0 spiro atoms. The molecule has 0 saturated heterocycles. The Balaban J connectivity index is 1.00. The normalized spacial score (nSPS) is 33.1. The molecule has 184 valence electrons. The number of hydrogen-bond acceptors (Lipinski definition) is 4. The molecule has 0 aliphatic heterocycles. The molecule has 0 amide bonds. The number of fused-ring (bicyclic) bond motifs is 5. The van der Waals surface area contributed by atoms with Crippen molar-refractivity contribution in [2.24, 2.45) is 23.7 Å². The van der Waals surface area contributed by atoms with E-state index in [0.29, 0.717) is 12.0 Å². The van der Waals surface area contributed by atoms with Crippen LogP contribution in [-0.4, -0.2) is 30.3 Å². The predicted octanol–water partition coefficient (Wildman–Crippen LogP) is 8.29. The zero-order valence-corrected chi connectivity index (χ0v) is 22.4. The summed E-state index contributed by atoms with van der Waals surface area (Å²) in [5.74, 6) is 6.81. The van der Waals surface area contributed by atoms with Gasteiger partial charge in [0.1, 0.15) is 5.75 Å². The van der Waals surface area contributed by atoms with Crippen LogP contribution in [0.3, 0.4) is 0 Å². The fourth-order valence-corrected chi connectivity index (χ4v) is 9.98. The lowest BCUT2D eigenvalue weighted by atomic mass is 9.61. The van der Waals surface area contributed by atoms with Crippen molar-refractivity contribution in [1.29, 1.82) is 0 Å². The third-order valence-electron chi connectivity index (χ3n) is 8.74. The third kappa shape index (κ3) is 6.09. The molecule has 4 aliphatic carbocycles. The fraction of sp³-hybridized carbons (Fsp3) is 0.793. The van der Waals surface area contributed by atoms with Crippen molar-refractivity contribution in [2.45, 2.75) is 102 Å². The first-order chi connectivity index (χ1) is 16.2. The molecule has 0 N–H and O–H groups in total. The number of hydrogen-bond donors (Lipinski definition) is 0. The van der Waals surface area contributed by atoms with E-state index in [4.69, 9.17) is 9.47 Å². The summed E-state index contributed by atoms with van der Waals surface area (Å²) in [5, 5.41) is 0.775. The van der Waals surface area contributed by atoms with Gasteiger partial charge in [0.25, 0.3) is 0 Å². The Morgan fingerprint density at radius 2 is 1.94 bits per heavy atom. The van der Waals surface area contributed by atoms with Gasteiger partial charge in [-0.15, -0.1) is 0 Å². The summed E-state index contributed by atoms with van der Waals surface area (Å²) < 4.78 is 12.2. The minimum absolute atomic E-state index is 0.501. The second kappa shape index (κ2) is 11.6. The van der Waals surface area contributed by atoms with Gasteiger partial charge in [-0.2, -0.15) is 0 Å². The van der Waals surface area contributed by atoms with Gasteiger partial charge in [-0.3, -0.25) is 0 Å². The summed E-state index contributed by atoms with van der Waals surface area (Å²) >= 11 is 0. The summed E-state index contributed by atoms with van der Waals surface area (Å²) in [4.78, 5) is 0. The molecule has 3 fully saturated rings. The lowest BCUT2D eigenvalue weighted by Gasteiger charge is -2.44. The maximum atomic E-state index is 6.18. The van der Waals surface area contributed by atoms with Gasteiger partial charge in [-0.25, -0.2) is 0 Å². The molecular weight excluding hydrogens is 444 g/mol. The van der Waals surface area contributed by atoms with Gasteiger partial charge in [0.05, 0.1) is 12.7 Å². The number of ether oxygens (including phenoxy) is 2. The summed E-state index contributed by atoms with van der Waals surface area (Å²) in [5.41, 5.74) is 3.26. The van der Waals surface area contributed by atoms with Crippen molar-refractivity contribution in [1.82, 2.24) is 0 Å². The van der Waals surface area contributed by atoms with Gasteiger partial charge < -0.3 is 9.47 Å². The zero-order chi connectivity index (χ0) is 22.6. The second-order valence-corrected chi connectivity index (χ2v) is 14.3. The first-order valence-electron chi connectivity index (χ1n) is 13.8. The van der Waals surface area contributed by atoms with Crippen molar-refractivity contribution in [3.05, 3.63) is 29.3 Å². The Morgan fingerprint density at radius 1 is 1.00 bits per heavy atom. The van der Waals surface area contributed by atoms with E-state index < -0.39 is 0 Å². The highest BCUT2D eigenvalue weighted by atomic mass is 33.1. The molecule has 33 heavy (non-hydrogen) atoms. The standard InChI is InChI=1S/C29H44O2S2/c1-20(2)19-31-24-9-11-25(18-24)33-32-16-4-15-30-23-10-14-27-22(17-23)8-13-28-26-6-3-5-21(26)7-12-29(27)28/h10,14,17,20-21,24-26,28-29H,3-9,11-13,15-16,18-19H2,1-2H3/t21?,24?,25?,26-,28+,29-/m1/s1. The Hall–Kier alpha value is -0.320. The monoisotopic (exact) mass is 488 g/mol. The van der Waals surface area contributed by atoms with E-state index in [1.165, 1.54) is 70.0 Å². The number of rotatable bonds is 10. The smallest absolute Gasteiger partial charge is 0.119 e. The average molecular weight is 489 g/mol. The maximum Gasteiger partial charge on any atom is 0.119 e. The molecule has 2 nitrogen and oxygen atoms in total. The fourth-order valence-electron chi connectivity index (χ4n) is 7.19. The Bertz CT molecular complexity index is 766. The van der Waals surface area contributed by atoms with Crippen molar-refractivity contribution in [2.75, 3.05) is 19.0 Å². The van der Waals surface area contributed by atoms with E-state index in [-0.39, 0.29) is 0 Å². The van der Waals surface area contributed by atoms with Crippen LogP contribution in [0.2, 0.25) is 0 Å². The van der Waals surface area contributed by atoms with Crippen LogP contribution in [-0.2, 0) is 11.2 Å². The van der Waals surface area contributed by atoms with Crippen LogP contribution in [0.1, 0.15) is 95.1 Å². The first kappa shape index (κ1) is 24.4. The van der Waals surface area contributed by atoms with E-state index in [9.17, 15) is 0 Å². The minimum atomic E-state index is 0.501. The van der Waals surface area contributed by atoms with Crippen molar-refractivity contribution < 1.29 is 9.47 Å². The Morgan fingerprint density at radius 3 is 2.85 bits per heavy atom. The van der Waals surface area contributed by atoms with Gasteiger partial charge in [0, 0.05) is 17.6 Å². The molecule has 0 radical (unpaired) electrons. The van der Waals surface area contributed by atoms with Crippen LogP contribution in [0, 0.1) is 23.7 Å². The highest BCUT2D eigenvalue weighted by molar-refractivity contribution is 8.76. The average Bonchev–Trinajstić information content (AvgIpc) is 3.49. The van der Waals surface area contributed by atoms with Crippen LogP contribution in [0.25, 0.3) is 0 Å². The highest BCUT2D eigenvalue weighted by Gasteiger charge is 2.43. The van der Waals surface area contributed by atoms with E-state index in [1.807, 2.05) is 10.8 Å². The van der Waals surface area contributed by atoms with Gasteiger partial charge >= 0.3 is 0 Å². The predicted molar refractivity (Wildman–Crippen MR) is 143 cm³/mol. The van der Waals surface area contributed by atoms with Crippen LogP contribution in [0.5, 0.6) is 5.75 Å². The van der Waals surface area contributed by atoms with Gasteiger partial charge in [-0.1, -0.05) is 54.3 Å². The molecule has 4 aliphatic rings. The quantitative estimate of drug-likeness (QED) is 0.243. The molecule has 5 rings (SSSR count). The topological polar surface area (TPSA) is 18.5 Å². The van der Waals surface area contributed by atoms with Crippen molar-refractivity contribution in [3.8, 4) is 5.75 Å². The van der Waals surface area contributed by atoms with Crippen LogP contribution in [0.4, 0.5) is 0 Å². The summed E-state index contributed by atoms with van der Waals surface area (Å²) in [7, 11) is 4.12. The molecule has 3 unspecified atom stereocenters. The number of aryl methyl sites for hydroxylation is 1. The second-order valence-electron chi connectivity index (χ2n) is 11.5. The molecule has 0 bridgehead atoms. The summed E-state index contributed by atoms with van der Waals surface area (Å²) in [6.45, 7) is 6.23. The summed E-state index contributed by atoms with van der Waals surface area (Å²) in [6.07, 6.45) is 15.5. The van der Waals surface area contributed by atoms with Crippen LogP contribution >= 0.6 is 21.6 Å². The molecule has 4 heteroatoms. The Labute approximate surface area is 210 Å². The largest absolute Gasteiger partial charge is 0.494 e. The highest BCUT2D eigenvalue weighted by Crippen LogP contribution is 2.55. The van der Waals surface area contributed by atoms with Gasteiger partial charge in [0.15, 0.2) is 0 Å². The zero-order valence-electron chi connectivity index (χ0n) is 20.8. The lowest BCUT2D eigenvalue weighted by Crippen LogP contribution is -2.34. The molecule has 1 aromatic rings. The lowest BCUT2D eigenvalue weighted by molar-refractivity contribution is 0.0410. The van der Waals surface area contributed by atoms with E-state index in [0.717, 1.165) is 54.3 Å². The van der Waals surface area contributed by atoms with E-state index in [1.54, 1.807) is 11.1 Å². The SMILES string of the molecule is CC(C)COC1CCC(SSCCCOc2ccc3c(c2)CC[C@@H]2[C@@H]3CCC3CCC[C@H]32)C1. The minimum Gasteiger partial charge on any atom is -0.494 e. The molecule has 6 atom stereocenters. The van der Waals surface area contributed by atoms with Crippen LogP contribution < -0.4 is 4.74 Å². The maximum absolute atomic E-state index is 6.18. The van der Waals surface area contributed by atoms with Crippen LogP contribution in [0.15, 0.2) is 18.2 Å². The van der Waals surface area contributed by atoms with Gasteiger partial charge in [0.2, 0.25) is 0 Å². The molecule has 0 heterocycles. The molecule has 3 saturated carbocycles. The first-order valence-corrected chi connectivity index (χ1v) is 16.2. The van der Waals surface area contributed by atoms with Gasteiger partial charge in [-0.05, 0) is 111 Å². The molecule has 1 aromatic carbocycles. The third-order valence-corrected chi connectivity index (χ3v) is 11.8. The van der Waals surface area contributed by atoms with Crippen molar-refractivity contribution in [3.63, 3.8) is 0 Å². The molecule has 0 aromatic heterocycles. The summed E-state index contributed by atoms with van der Waals surface area (Å²) in [6, 6.07) is 7.07. The number of benzene rings is 1. The Kier molecular flexibility index (Phi) is 8.58. The molecular formula is C29H44O2S2. The van der Waals surface area contributed by atoms with E-state index >= 15 is 0 Å².